The van der Waals surface area contributed by atoms with E-state index in [2.05, 4.69) is 10.3 Å². The molecule has 0 radical (unpaired) electrons. The molecule has 1 aliphatic carbocycles. The fourth-order valence-corrected chi connectivity index (χ4v) is 5.64. The summed E-state index contributed by atoms with van der Waals surface area (Å²) in [6.45, 7) is 0.464. The number of rotatable bonds is 5. The van der Waals surface area contributed by atoms with Crippen LogP contribution >= 0.6 is 22.9 Å². The third kappa shape index (κ3) is 5.05. The predicted octanol–water partition coefficient (Wildman–Crippen LogP) is 3.47. The van der Waals surface area contributed by atoms with Crippen LogP contribution in [0.2, 0.25) is 5.02 Å². The van der Waals surface area contributed by atoms with E-state index in [1.807, 2.05) is 18.2 Å². The van der Waals surface area contributed by atoms with Gasteiger partial charge in [-0.05, 0) is 56.4 Å². The number of benzene rings is 1. The van der Waals surface area contributed by atoms with Crippen LogP contribution in [0, 0.1) is 0 Å². The zero-order chi connectivity index (χ0) is 20.4. The van der Waals surface area contributed by atoms with Crippen molar-refractivity contribution in [3.63, 3.8) is 0 Å². The second-order valence-corrected chi connectivity index (χ2v) is 9.95. The Morgan fingerprint density at radius 3 is 2.79 bits per heavy atom. The summed E-state index contributed by atoms with van der Waals surface area (Å²) in [4.78, 5) is 21.5. The number of thiazole rings is 1. The summed E-state index contributed by atoms with van der Waals surface area (Å²) in [6.07, 6.45) is 5.97. The van der Waals surface area contributed by atoms with Crippen LogP contribution in [-0.2, 0) is 15.5 Å². The van der Waals surface area contributed by atoms with Crippen molar-refractivity contribution in [1.29, 1.82) is 0 Å². The molecule has 1 aromatic carbocycles. The van der Waals surface area contributed by atoms with E-state index in [0.717, 1.165) is 40.9 Å². The van der Waals surface area contributed by atoms with Gasteiger partial charge in [-0.2, -0.15) is 0 Å². The van der Waals surface area contributed by atoms with Crippen molar-refractivity contribution in [1.82, 2.24) is 10.3 Å². The minimum absolute atomic E-state index is 0.100. The van der Waals surface area contributed by atoms with Crippen molar-refractivity contribution >= 4 is 55.5 Å². The molecule has 0 spiro atoms. The first-order valence-corrected chi connectivity index (χ1v) is 12.3. The molecule has 0 unspecified atom stereocenters. The highest BCUT2D eigenvalue weighted by Gasteiger charge is 2.26. The Hall–Kier alpha value is -1.77. The second-order valence-electron chi connectivity index (χ2n) is 7.47. The molecule has 9 heteroatoms. The maximum absolute atomic E-state index is 12.6. The normalized spacial score (nSPS) is 22.4. The standard InChI is InChI=1S/C20H22ClN3O3S2/c21-14-3-6-18-17(10-14)24-20(28-18)12-1-4-15(5-2-12)23-19(25)13-7-8-22-16(9-13)11-29(26)27/h3,6,9-10,12,15,29H,1-2,4-5,7-8,11H2,(H,23,25). The first-order valence-electron chi connectivity index (χ1n) is 9.70. The average Bonchev–Trinajstić information content (AvgIpc) is 3.11. The Balaban J connectivity index is 1.34. The minimum Gasteiger partial charge on any atom is -0.350 e. The van der Waals surface area contributed by atoms with E-state index in [1.54, 1.807) is 17.4 Å². The van der Waals surface area contributed by atoms with Crippen LogP contribution in [0.4, 0.5) is 0 Å². The highest BCUT2D eigenvalue weighted by Crippen LogP contribution is 2.37. The largest absolute Gasteiger partial charge is 0.350 e. The molecule has 154 valence electrons. The zero-order valence-electron chi connectivity index (χ0n) is 15.8. The summed E-state index contributed by atoms with van der Waals surface area (Å²) in [5.74, 6) is 0.210. The van der Waals surface area contributed by atoms with Gasteiger partial charge in [-0.1, -0.05) is 11.6 Å². The van der Waals surface area contributed by atoms with Gasteiger partial charge in [0.05, 0.1) is 26.7 Å². The molecule has 2 heterocycles. The fraction of sp³-hybridized carbons (Fsp3) is 0.450. The Labute approximate surface area is 180 Å². The van der Waals surface area contributed by atoms with E-state index in [1.165, 1.54) is 0 Å². The van der Waals surface area contributed by atoms with Crippen LogP contribution in [0.25, 0.3) is 10.2 Å². The molecule has 1 N–H and O–H groups in total. The SMILES string of the molecule is O=C(NC1CCC(c2nc3cc(Cl)ccc3s2)CC1)C1=CC(C[SH](=O)=O)=NCC1. The van der Waals surface area contributed by atoms with E-state index in [4.69, 9.17) is 16.6 Å². The Morgan fingerprint density at radius 2 is 2.03 bits per heavy atom. The summed E-state index contributed by atoms with van der Waals surface area (Å²) >= 11 is 7.79. The molecule has 4 rings (SSSR count). The first-order chi connectivity index (χ1) is 14.0. The quantitative estimate of drug-likeness (QED) is 0.681. The van der Waals surface area contributed by atoms with Crippen LogP contribution in [0.1, 0.15) is 43.0 Å². The van der Waals surface area contributed by atoms with Crippen LogP contribution < -0.4 is 5.32 Å². The van der Waals surface area contributed by atoms with Gasteiger partial charge in [0.1, 0.15) is 10.7 Å². The number of hydrogen-bond donors (Lipinski definition) is 2. The molecular formula is C20H22ClN3O3S2. The van der Waals surface area contributed by atoms with Gasteiger partial charge in [0.25, 0.3) is 0 Å². The Bertz CT molecular complexity index is 1060. The Kier molecular flexibility index (Phi) is 6.32. The number of allylic oxidation sites excluding steroid dienone is 1. The van der Waals surface area contributed by atoms with Crippen LogP contribution in [0.15, 0.2) is 34.8 Å². The number of fused-ring (bicyclic) bond motifs is 1. The average molecular weight is 452 g/mol. The molecule has 1 aromatic heterocycles. The van der Waals surface area contributed by atoms with Crippen molar-refractivity contribution in [2.24, 2.45) is 4.99 Å². The minimum atomic E-state index is -2.53. The topological polar surface area (TPSA) is 88.5 Å². The molecule has 29 heavy (non-hydrogen) atoms. The number of nitrogens with one attached hydrogen (secondary N) is 1. The fourth-order valence-electron chi connectivity index (χ4n) is 3.90. The molecule has 2 aliphatic rings. The first kappa shape index (κ1) is 20.5. The monoisotopic (exact) mass is 451 g/mol. The number of halogens is 1. The van der Waals surface area contributed by atoms with Crippen molar-refractivity contribution in [3.05, 3.63) is 39.9 Å². The summed E-state index contributed by atoms with van der Waals surface area (Å²) in [5.41, 5.74) is 2.05. The van der Waals surface area contributed by atoms with Gasteiger partial charge in [0, 0.05) is 29.1 Å². The number of carbonyl (C=O) groups is 1. The third-order valence-electron chi connectivity index (χ3n) is 5.40. The van der Waals surface area contributed by atoms with Gasteiger partial charge < -0.3 is 5.32 Å². The number of aliphatic imine (C=N–C) groups is 1. The van der Waals surface area contributed by atoms with Crippen LogP contribution in [-0.4, -0.2) is 43.4 Å². The lowest BCUT2D eigenvalue weighted by Gasteiger charge is -2.28. The number of aromatic nitrogens is 1. The van der Waals surface area contributed by atoms with E-state index in [-0.39, 0.29) is 17.7 Å². The summed E-state index contributed by atoms with van der Waals surface area (Å²) < 4.78 is 22.9. The Morgan fingerprint density at radius 1 is 1.24 bits per heavy atom. The van der Waals surface area contributed by atoms with E-state index >= 15 is 0 Å². The van der Waals surface area contributed by atoms with Crippen molar-refractivity contribution in [2.75, 3.05) is 12.3 Å². The van der Waals surface area contributed by atoms with Gasteiger partial charge in [0.2, 0.25) is 5.91 Å². The molecule has 1 amide bonds. The van der Waals surface area contributed by atoms with Crippen molar-refractivity contribution in [3.8, 4) is 0 Å². The molecule has 1 fully saturated rings. The lowest BCUT2D eigenvalue weighted by Crippen LogP contribution is -2.38. The van der Waals surface area contributed by atoms with E-state index in [9.17, 15) is 13.2 Å². The van der Waals surface area contributed by atoms with Crippen molar-refractivity contribution in [2.45, 2.75) is 44.1 Å². The maximum atomic E-state index is 12.6. The van der Waals surface area contributed by atoms with Crippen LogP contribution in [0.5, 0.6) is 0 Å². The van der Waals surface area contributed by atoms with Gasteiger partial charge in [-0.25, -0.2) is 13.4 Å². The summed E-state index contributed by atoms with van der Waals surface area (Å²) in [7, 11) is -2.53. The van der Waals surface area contributed by atoms with Gasteiger partial charge in [-0.15, -0.1) is 11.3 Å². The van der Waals surface area contributed by atoms with Gasteiger partial charge >= 0.3 is 0 Å². The number of carbonyl (C=O) groups excluding carboxylic acids is 1. The lowest BCUT2D eigenvalue weighted by molar-refractivity contribution is -0.118. The summed E-state index contributed by atoms with van der Waals surface area (Å²) in [5, 5.41) is 4.97. The number of nitrogens with zero attached hydrogens (tertiary/aromatic N) is 2. The van der Waals surface area contributed by atoms with E-state index < -0.39 is 10.7 Å². The molecule has 0 saturated heterocycles. The molecule has 6 nitrogen and oxygen atoms in total. The molecule has 0 bridgehead atoms. The molecule has 1 saturated carbocycles. The molecular weight excluding hydrogens is 430 g/mol. The van der Waals surface area contributed by atoms with E-state index in [0.29, 0.717) is 35.2 Å². The second kappa shape index (κ2) is 8.93. The van der Waals surface area contributed by atoms with Crippen molar-refractivity contribution < 1.29 is 13.2 Å². The smallest absolute Gasteiger partial charge is 0.247 e. The number of amides is 1. The highest BCUT2D eigenvalue weighted by atomic mass is 35.5. The molecule has 2 aromatic rings. The summed E-state index contributed by atoms with van der Waals surface area (Å²) in [6, 6.07) is 5.95. The maximum Gasteiger partial charge on any atom is 0.247 e. The van der Waals surface area contributed by atoms with Gasteiger partial charge in [-0.3, -0.25) is 9.79 Å². The predicted molar refractivity (Wildman–Crippen MR) is 118 cm³/mol. The zero-order valence-corrected chi connectivity index (χ0v) is 18.2. The number of thiol groups is 1. The molecule has 1 aliphatic heterocycles. The number of hydrogen-bond acceptors (Lipinski definition) is 6. The lowest BCUT2D eigenvalue weighted by atomic mass is 9.86. The van der Waals surface area contributed by atoms with Gasteiger partial charge in [0.15, 0.2) is 0 Å². The van der Waals surface area contributed by atoms with Crippen LogP contribution in [0.3, 0.4) is 0 Å². The molecule has 0 atom stereocenters. The third-order valence-corrected chi connectivity index (χ3v) is 7.41. The number of dihydropyridines is 1. The highest BCUT2D eigenvalue weighted by molar-refractivity contribution is 7.73.